The molecular formula is C17H14ClN3O3S2. The second-order valence-electron chi connectivity index (χ2n) is 5.36. The van der Waals surface area contributed by atoms with Crippen LogP contribution in [0, 0.1) is 0 Å². The van der Waals surface area contributed by atoms with Gasteiger partial charge in [0.25, 0.3) is 10.0 Å². The van der Waals surface area contributed by atoms with Crippen molar-refractivity contribution in [2.75, 3.05) is 10.0 Å². The number of benzene rings is 2. The van der Waals surface area contributed by atoms with E-state index in [4.69, 9.17) is 11.6 Å². The average Bonchev–Trinajstić information content (AvgIpc) is 3.03. The number of carbonyl (C=O) groups excluding carboxylic acids is 1. The first-order valence-electron chi connectivity index (χ1n) is 7.45. The van der Waals surface area contributed by atoms with Crippen molar-refractivity contribution in [2.24, 2.45) is 0 Å². The van der Waals surface area contributed by atoms with Crippen molar-refractivity contribution < 1.29 is 13.2 Å². The Morgan fingerprint density at radius 1 is 1.08 bits per heavy atom. The number of carbonyl (C=O) groups is 1. The monoisotopic (exact) mass is 407 g/mol. The highest BCUT2D eigenvalue weighted by Gasteiger charge is 2.16. The molecule has 0 bridgehead atoms. The zero-order chi connectivity index (χ0) is 18.7. The number of thiazole rings is 1. The zero-order valence-electron chi connectivity index (χ0n) is 13.6. The molecule has 6 nitrogen and oxygen atoms in total. The van der Waals surface area contributed by atoms with Gasteiger partial charge in [-0.15, -0.1) is 11.3 Å². The van der Waals surface area contributed by atoms with Crippen molar-refractivity contribution in [1.29, 1.82) is 0 Å². The Hall–Kier alpha value is -2.42. The molecule has 9 heteroatoms. The van der Waals surface area contributed by atoms with E-state index < -0.39 is 10.0 Å². The van der Waals surface area contributed by atoms with E-state index in [1.165, 1.54) is 42.5 Å². The number of sulfonamides is 1. The molecule has 0 atom stereocenters. The van der Waals surface area contributed by atoms with Crippen molar-refractivity contribution in [3.05, 3.63) is 58.9 Å². The first-order chi connectivity index (χ1) is 12.3. The van der Waals surface area contributed by atoms with Crippen LogP contribution in [0.3, 0.4) is 0 Å². The number of aromatic nitrogens is 1. The Bertz CT molecular complexity index is 1030. The molecule has 0 spiro atoms. The van der Waals surface area contributed by atoms with Crippen LogP contribution in [0.25, 0.3) is 11.3 Å². The number of nitrogens with zero attached hydrogens (tertiary/aromatic N) is 1. The molecule has 1 heterocycles. The van der Waals surface area contributed by atoms with Gasteiger partial charge in [0.1, 0.15) is 0 Å². The van der Waals surface area contributed by atoms with Gasteiger partial charge in [-0.25, -0.2) is 13.4 Å². The van der Waals surface area contributed by atoms with E-state index in [2.05, 4.69) is 15.0 Å². The van der Waals surface area contributed by atoms with E-state index in [1.807, 2.05) is 12.1 Å². The normalized spacial score (nSPS) is 11.2. The van der Waals surface area contributed by atoms with Gasteiger partial charge in [0.15, 0.2) is 5.13 Å². The number of hydrogen-bond donors (Lipinski definition) is 2. The summed E-state index contributed by atoms with van der Waals surface area (Å²) in [7, 11) is -3.77. The molecule has 0 radical (unpaired) electrons. The minimum absolute atomic E-state index is 0.0786. The van der Waals surface area contributed by atoms with Crippen LogP contribution in [-0.2, 0) is 14.8 Å². The Labute approximate surface area is 159 Å². The highest BCUT2D eigenvalue weighted by molar-refractivity contribution is 7.93. The van der Waals surface area contributed by atoms with Gasteiger partial charge in [-0.05, 0) is 36.4 Å². The van der Waals surface area contributed by atoms with Crippen LogP contribution >= 0.6 is 22.9 Å². The average molecular weight is 408 g/mol. The summed E-state index contributed by atoms with van der Waals surface area (Å²) < 4.78 is 27.4. The Morgan fingerprint density at radius 3 is 2.35 bits per heavy atom. The third kappa shape index (κ3) is 4.40. The Morgan fingerprint density at radius 2 is 1.73 bits per heavy atom. The first-order valence-corrected chi connectivity index (χ1v) is 10.2. The minimum atomic E-state index is -3.77. The van der Waals surface area contributed by atoms with E-state index in [0.29, 0.717) is 16.4 Å². The van der Waals surface area contributed by atoms with E-state index >= 15 is 0 Å². The molecule has 0 aliphatic heterocycles. The third-order valence-corrected chi connectivity index (χ3v) is 5.84. The molecule has 0 unspecified atom stereocenters. The van der Waals surface area contributed by atoms with Gasteiger partial charge >= 0.3 is 0 Å². The van der Waals surface area contributed by atoms with Crippen molar-refractivity contribution >= 4 is 49.7 Å². The summed E-state index contributed by atoms with van der Waals surface area (Å²) in [5, 5.41) is 5.23. The van der Waals surface area contributed by atoms with Gasteiger partial charge in [0.05, 0.1) is 10.6 Å². The number of rotatable bonds is 5. The van der Waals surface area contributed by atoms with Crippen LogP contribution in [0.5, 0.6) is 0 Å². The predicted molar refractivity (Wildman–Crippen MR) is 104 cm³/mol. The van der Waals surface area contributed by atoms with E-state index in [0.717, 1.165) is 5.56 Å². The first kappa shape index (κ1) is 18.4. The maximum Gasteiger partial charge on any atom is 0.263 e. The van der Waals surface area contributed by atoms with Crippen LogP contribution in [0.2, 0.25) is 5.02 Å². The van der Waals surface area contributed by atoms with Gasteiger partial charge < -0.3 is 5.32 Å². The molecule has 3 rings (SSSR count). The van der Waals surface area contributed by atoms with Gasteiger partial charge in [0, 0.05) is 28.6 Å². The predicted octanol–water partition coefficient (Wildman–Crippen LogP) is 4.22. The zero-order valence-corrected chi connectivity index (χ0v) is 16.0. The fourth-order valence-electron chi connectivity index (χ4n) is 2.17. The Balaban J connectivity index is 1.77. The summed E-state index contributed by atoms with van der Waals surface area (Å²) in [5.74, 6) is -0.226. The minimum Gasteiger partial charge on any atom is -0.326 e. The Kier molecular flexibility index (Phi) is 5.26. The second kappa shape index (κ2) is 7.45. The van der Waals surface area contributed by atoms with E-state index in [1.54, 1.807) is 17.5 Å². The van der Waals surface area contributed by atoms with Crippen LogP contribution in [0.1, 0.15) is 6.92 Å². The lowest BCUT2D eigenvalue weighted by molar-refractivity contribution is -0.114. The molecule has 26 heavy (non-hydrogen) atoms. The third-order valence-electron chi connectivity index (χ3n) is 3.35. The SMILES string of the molecule is CC(=O)Nc1ccc(S(=O)(=O)Nc2nc(-c3ccc(Cl)cc3)cs2)cc1. The molecule has 2 N–H and O–H groups in total. The molecule has 1 aromatic heterocycles. The van der Waals surface area contributed by atoms with Crippen molar-refractivity contribution in [2.45, 2.75) is 11.8 Å². The summed E-state index contributed by atoms with van der Waals surface area (Å²) in [4.78, 5) is 15.4. The van der Waals surface area contributed by atoms with Gasteiger partial charge in [-0.1, -0.05) is 23.7 Å². The molecule has 134 valence electrons. The molecule has 2 aromatic carbocycles. The van der Waals surface area contributed by atoms with Crippen molar-refractivity contribution in [3.8, 4) is 11.3 Å². The number of amides is 1. The lowest BCUT2D eigenvalue weighted by atomic mass is 10.2. The van der Waals surface area contributed by atoms with Crippen LogP contribution in [-0.4, -0.2) is 19.3 Å². The topological polar surface area (TPSA) is 88.2 Å². The van der Waals surface area contributed by atoms with Crippen LogP contribution in [0.15, 0.2) is 58.8 Å². The maximum atomic E-state index is 12.5. The van der Waals surface area contributed by atoms with E-state index in [-0.39, 0.29) is 15.9 Å². The van der Waals surface area contributed by atoms with Crippen molar-refractivity contribution in [1.82, 2.24) is 4.98 Å². The van der Waals surface area contributed by atoms with Crippen LogP contribution in [0.4, 0.5) is 10.8 Å². The smallest absolute Gasteiger partial charge is 0.263 e. The fourth-order valence-corrected chi connectivity index (χ4v) is 4.27. The molecule has 0 aliphatic carbocycles. The number of anilines is 2. The molecule has 0 aliphatic rings. The highest BCUT2D eigenvalue weighted by Crippen LogP contribution is 2.27. The molecule has 0 saturated heterocycles. The molecule has 0 saturated carbocycles. The summed E-state index contributed by atoms with van der Waals surface area (Å²) in [6, 6.07) is 13.0. The summed E-state index contributed by atoms with van der Waals surface area (Å²) >= 11 is 7.06. The van der Waals surface area contributed by atoms with Gasteiger partial charge in [0.2, 0.25) is 5.91 Å². The molecule has 0 fully saturated rings. The molecule has 1 amide bonds. The van der Waals surface area contributed by atoms with E-state index in [9.17, 15) is 13.2 Å². The number of hydrogen-bond acceptors (Lipinski definition) is 5. The van der Waals surface area contributed by atoms with Crippen LogP contribution < -0.4 is 10.0 Å². The molecular weight excluding hydrogens is 394 g/mol. The summed E-state index contributed by atoms with van der Waals surface area (Å²) in [5.41, 5.74) is 2.02. The fraction of sp³-hybridized carbons (Fsp3) is 0.0588. The standard InChI is InChI=1S/C17H14ClN3O3S2/c1-11(22)19-14-6-8-15(9-7-14)26(23,24)21-17-20-16(10-25-17)12-2-4-13(18)5-3-12/h2-10H,1H3,(H,19,22)(H,20,21). The maximum absolute atomic E-state index is 12.5. The number of halogens is 1. The second-order valence-corrected chi connectivity index (χ2v) is 8.33. The number of nitrogens with one attached hydrogen (secondary N) is 2. The van der Waals surface area contributed by atoms with Gasteiger partial charge in [-0.3, -0.25) is 9.52 Å². The lowest BCUT2D eigenvalue weighted by Crippen LogP contribution is -2.13. The van der Waals surface area contributed by atoms with Gasteiger partial charge in [-0.2, -0.15) is 0 Å². The quantitative estimate of drug-likeness (QED) is 0.662. The van der Waals surface area contributed by atoms with Crippen molar-refractivity contribution in [3.63, 3.8) is 0 Å². The lowest BCUT2D eigenvalue weighted by Gasteiger charge is -2.07. The summed E-state index contributed by atoms with van der Waals surface area (Å²) in [6.45, 7) is 1.38. The largest absolute Gasteiger partial charge is 0.326 e. The highest BCUT2D eigenvalue weighted by atomic mass is 35.5. The molecule has 3 aromatic rings. The summed E-state index contributed by atoms with van der Waals surface area (Å²) in [6.07, 6.45) is 0.